The Morgan fingerprint density at radius 3 is 2.67 bits per heavy atom. The van der Waals surface area contributed by atoms with Crippen molar-refractivity contribution < 1.29 is 9.90 Å². The third-order valence-electron chi connectivity index (χ3n) is 3.40. The third kappa shape index (κ3) is 3.95. The van der Waals surface area contributed by atoms with Gasteiger partial charge < -0.3 is 10.4 Å². The zero-order valence-corrected chi connectivity index (χ0v) is 13.2. The van der Waals surface area contributed by atoms with Gasteiger partial charge in [-0.2, -0.15) is 0 Å². The predicted octanol–water partition coefficient (Wildman–Crippen LogP) is 2.82. The van der Waals surface area contributed by atoms with Crippen LogP contribution in [-0.4, -0.2) is 23.2 Å². The monoisotopic (exact) mass is 361 g/mol. The molecule has 0 aliphatic carbocycles. The second-order valence-corrected chi connectivity index (χ2v) is 5.99. The van der Waals surface area contributed by atoms with Crippen LogP contribution >= 0.6 is 22.6 Å². The maximum atomic E-state index is 12.0. The Kier molecular flexibility index (Phi) is 5.59. The molecule has 18 heavy (non-hydrogen) atoms. The van der Waals surface area contributed by atoms with E-state index < -0.39 is 5.60 Å². The van der Waals surface area contributed by atoms with Crippen molar-refractivity contribution in [3.8, 4) is 0 Å². The molecular formula is C14H20INO2. The van der Waals surface area contributed by atoms with Gasteiger partial charge >= 0.3 is 0 Å². The molecule has 0 aliphatic rings. The number of rotatable bonds is 5. The first-order valence-corrected chi connectivity index (χ1v) is 7.21. The highest BCUT2D eigenvalue weighted by molar-refractivity contribution is 14.1. The van der Waals surface area contributed by atoms with E-state index in [4.69, 9.17) is 0 Å². The van der Waals surface area contributed by atoms with Crippen LogP contribution in [0.15, 0.2) is 24.3 Å². The average Bonchev–Trinajstić information content (AvgIpc) is 2.35. The van der Waals surface area contributed by atoms with Gasteiger partial charge in [0.2, 0.25) is 0 Å². The molecule has 0 heterocycles. The van der Waals surface area contributed by atoms with Gasteiger partial charge in [-0.25, -0.2) is 0 Å². The number of carbonyl (C=O) groups excluding carboxylic acids is 1. The maximum absolute atomic E-state index is 12.0. The normalized spacial score (nSPS) is 15.8. The van der Waals surface area contributed by atoms with Gasteiger partial charge in [-0.3, -0.25) is 4.79 Å². The molecule has 1 rings (SSSR count). The first kappa shape index (κ1) is 15.4. The van der Waals surface area contributed by atoms with Gasteiger partial charge in [-0.15, -0.1) is 0 Å². The van der Waals surface area contributed by atoms with Gasteiger partial charge in [0.15, 0.2) is 0 Å². The molecule has 0 fully saturated rings. The number of nitrogens with one attached hydrogen (secondary N) is 1. The van der Waals surface area contributed by atoms with Crippen molar-refractivity contribution in [3.63, 3.8) is 0 Å². The lowest BCUT2D eigenvalue weighted by Gasteiger charge is -2.29. The highest BCUT2D eigenvalue weighted by Gasteiger charge is 2.27. The van der Waals surface area contributed by atoms with E-state index in [-0.39, 0.29) is 18.4 Å². The van der Waals surface area contributed by atoms with Gasteiger partial charge in [0.1, 0.15) is 0 Å². The smallest absolute Gasteiger partial charge is 0.252 e. The highest BCUT2D eigenvalue weighted by atomic mass is 127. The molecule has 2 unspecified atom stereocenters. The van der Waals surface area contributed by atoms with Crippen LogP contribution in [0.2, 0.25) is 0 Å². The van der Waals surface area contributed by atoms with Gasteiger partial charge in [0.25, 0.3) is 5.91 Å². The minimum Gasteiger partial charge on any atom is -0.388 e. The minimum absolute atomic E-state index is 0.136. The molecule has 0 saturated carbocycles. The summed E-state index contributed by atoms with van der Waals surface area (Å²) in [5, 5.41) is 13.0. The lowest BCUT2D eigenvalue weighted by molar-refractivity contribution is 0.00592. The zero-order chi connectivity index (χ0) is 13.8. The molecule has 100 valence electrons. The van der Waals surface area contributed by atoms with E-state index in [9.17, 15) is 9.90 Å². The van der Waals surface area contributed by atoms with Crippen LogP contribution in [0.3, 0.4) is 0 Å². The molecule has 3 nitrogen and oxygen atoms in total. The number of amides is 1. The third-order valence-corrected chi connectivity index (χ3v) is 4.34. The summed E-state index contributed by atoms with van der Waals surface area (Å²) < 4.78 is 0.913. The minimum atomic E-state index is -0.870. The summed E-state index contributed by atoms with van der Waals surface area (Å²) in [4.78, 5) is 12.0. The highest BCUT2D eigenvalue weighted by Crippen LogP contribution is 2.19. The second-order valence-electron chi connectivity index (χ2n) is 4.83. The van der Waals surface area contributed by atoms with E-state index in [0.29, 0.717) is 5.56 Å². The zero-order valence-electron chi connectivity index (χ0n) is 11.0. The number of benzene rings is 1. The van der Waals surface area contributed by atoms with E-state index in [1.807, 2.05) is 32.0 Å². The Hall–Kier alpha value is -0.620. The summed E-state index contributed by atoms with van der Waals surface area (Å²) >= 11 is 2.13. The van der Waals surface area contributed by atoms with Crippen molar-refractivity contribution in [1.29, 1.82) is 0 Å². The Labute approximate surface area is 122 Å². The van der Waals surface area contributed by atoms with Crippen LogP contribution < -0.4 is 5.32 Å². The maximum Gasteiger partial charge on any atom is 0.252 e. The summed E-state index contributed by atoms with van der Waals surface area (Å²) in [6.45, 7) is 6.04. The van der Waals surface area contributed by atoms with Crippen molar-refractivity contribution in [3.05, 3.63) is 33.4 Å². The van der Waals surface area contributed by atoms with Gasteiger partial charge in [-0.05, 0) is 47.6 Å². The molecule has 0 aliphatic heterocycles. The van der Waals surface area contributed by atoms with Crippen LogP contribution in [0.5, 0.6) is 0 Å². The van der Waals surface area contributed by atoms with Gasteiger partial charge in [-0.1, -0.05) is 32.4 Å². The van der Waals surface area contributed by atoms with Gasteiger partial charge in [0, 0.05) is 10.1 Å². The van der Waals surface area contributed by atoms with Gasteiger partial charge in [0.05, 0.1) is 11.2 Å². The average molecular weight is 361 g/mol. The van der Waals surface area contributed by atoms with Crippen LogP contribution in [0.4, 0.5) is 0 Å². The second kappa shape index (κ2) is 6.52. The molecule has 2 atom stereocenters. The Balaban J connectivity index is 2.65. The van der Waals surface area contributed by atoms with E-state index in [2.05, 4.69) is 27.9 Å². The van der Waals surface area contributed by atoms with E-state index in [1.54, 1.807) is 13.0 Å². The summed E-state index contributed by atoms with van der Waals surface area (Å²) in [6, 6.07) is 7.41. The number of hydrogen-bond acceptors (Lipinski definition) is 2. The lowest BCUT2D eigenvalue weighted by Crippen LogP contribution is -2.45. The van der Waals surface area contributed by atoms with Crippen molar-refractivity contribution in [1.82, 2.24) is 5.32 Å². The SMILES string of the molecule is CCC(C)C(C)(O)CNC(=O)c1ccccc1I. The largest absolute Gasteiger partial charge is 0.388 e. The number of halogens is 1. The molecule has 0 aromatic heterocycles. The quantitative estimate of drug-likeness (QED) is 0.793. The molecule has 1 amide bonds. The Morgan fingerprint density at radius 2 is 2.11 bits per heavy atom. The molecule has 4 heteroatoms. The fourth-order valence-corrected chi connectivity index (χ4v) is 2.25. The molecular weight excluding hydrogens is 341 g/mol. The van der Waals surface area contributed by atoms with Crippen molar-refractivity contribution in [2.75, 3.05) is 6.54 Å². The predicted molar refractivity (Wildman–Crippen MR) is 81.6 cm³/mol. The lowest BCUT2D eigenvalue weighted by atomic mass is 9.88. The Bertz CT molecular complexity index is 418. The fourth-order valence-electron chi connectivity index (χ4n) is 1.61. The Morgan fingerprint density at radius 1 is 1.50 bits per heavy atom. The number of carbonyl (C=O) groups is 1. The summed E-state index contributed by atoms with van der Waals surface area (Å²) in [7, 11) is 0. The molecule has 1 aromatic carbocycles. The molecule has 1 aromatic rings. The standard InChI is InChI=1S/C14H20INO2/c1-4-10(2)14(3,18)9-16-13(17)11-7-5-6-8-12(11)15/h5-8,10,18H,4,9H2,1-3H3,(H,16,17). The summed E-state index contributed by atoms with van der Waals surface area (Å²) in [5.74, 6) is 0.0104. The fraction of sp³-hybridized carbons (Fsp3) is 0.500. The molecule has 0 radical (unpaired) electrons. The van der Waals surface area contributed by atoms with Crippen LogP contribution in [0.25, 0.3) is 0 Å². The summed E-state index contributed by atoms with van der Waals surface area (Å²) in [5.41, 5.74) is -0.219. The van der Waals surface area contributed by atoms with Crippen molar-refractivity contribution in [2.45, 2.75) is 32.8 Å². The van der Waals surface area contributed by atoms with E-state index in [1.165, 1.54) is 0 Å². The van der Waals surface area contributed by atoms with Crippen molar-refractivity contribution >= 4 is 28.5 Å². The van der Waals surface area contributed by atoms with Crippen LogP contribution in [0, 0.1) is 9.49 Å². The number of aliphatic hydroxyl groups is 1. The molecule has 0 bridgehead atoms. The van der Waals surface area contributed by atoms with Crippen molar-refractivity contribution in [2.24, 2.45) is 5.92 Å². The summed E-state index contributed by atoms with van der Waals surface area (Å²) in [6.07, 6.45) is 0.881. The topological polar surface area (TPSA) is 49.3 Å². The first-order chi connectivity index (χ1) is 8.38. The molecule has 2 N–H and O–H groups in total. The van der Waals surface area contributed by atoms with E-state index >= 15 is 0 Å². The van der Waals surface area contributed by atoms with Crippen LogP contribution in [-0.2, 0) is 0 Å². The van der Waals surface area contributed by atoms with E-state index in [0.717, 1.165) is 9.99 Å². The van der Waals surface area contributed by atoms with Crippen LogP contribution in [0.1, 0.15) is 37.6 Å². The molecule has 0 spiro atoms. The molecule has 0 saturated heterocycles. The first-order valence-electron chi connectivity index (χ1n) is 6.13. The number of hydrogen-bond donors (Lipinski definition) is 2.